The number of piperidine rings is 2. The van der Waals surface area contributed by atoms with E-state index < -0.39 is 0 Å². The van der Waals surface area contributed by atoms with Crippen molar-refractivity contribution in [1.82, 2.24) is 14.8 Å². The maximum Gasteiger partial charge on any atom is 0.253 e. The number of ether oxygens (including phenoxy) is 1. The zero-order valence-corrected chi connectivity index (χ0v) is 19.1. The fraction of sp³-hybridized carbons (Fsp3) is 0.440. The Kier molecular flexibility index (Phi) is 6.11. The summed E-state index contributed by atoms with van der Waals surface area (Å²) >= 11 is 1.63. The highest BCUT2D eigenvalue weighted by Gasteiger charge is 2.30. The number of aryl methyl sites for hydroxylation is 1. The molecule has 0 unspecified atom stereocenters. The van der Waals surface area contributed by atoms with E-state index in [0.29, 0.717) is 11.8 Å². The van der Waals surface area contributed by atoms with Gasteiger partial charge in [0.2, 0.25) is 0 Å². The molecule has 2 aliphatic rings. The normalized spacial score (nSPS) is 18.9. The predicted octanol–water partition coefficient (Wildman–Crippen LogP) is 4.89. The topological polar surface area (TPSA) is 45.7 Å². The van der Waals surface area contributed by atoms with E-state index in [-0.39, 0.29) is 17.8 Å². The Labute approximate surface area is 191 Å². The van der Waals surface area contributed by atoms with Gasteiger partial charge in [-0.1, -0.05) is 12.1 Å². The summed E-state index contributed by atoms with van der Waals surface area (Å²) in [6.07, 6.45) is 3.86. The van der Waals surface area contributed by atoms with Gasteiger partial charge in [-0.2, -0.15) is 0 Å². The van der Waals surface area contributed by atoms with Crippen LogP contribution >= 0.6 is 11.3 Å². The number of aromatic nitrogens is 1. The average Bonchev–Trinajstić information content (AvgIpc) is 3.20. The predicted molar refractivity (Wildman–Crippen MR) is 125 cm³/mol. The van der Waals surface area contributed by atoms with E-state index in [4.69, 9.17) is 4.74 Å². The smallest absolute Gasteiger partial charge is 0.253 e. The van der Waals surface area contributed by atoms with Gasteiger partial charge in [0, 0.05) is 37.8 Å². The monoisotopic (exact) mass is 453 g/mol. The largest absolute Gasteiger partial charge is 0.487 e. The van der Waals surface area contributed by atoms with Crippen molar-refractivity contribution in [3.63, 3.8) is 0 Å². The molecule has 3 aromatic rings. The molecule has 0 aliphatic carbocycles. The van der Waals surface area contributed by atoms with Gasteiger partial charge in [-0.15, -0.1) is 11.3 Å². The Morgan fingerprint density at radius 1 is 1.06 bits per heavy atom. The third-order valence-electron chi connectivity index (χ3n) is 6.62. The SMILES string of the molecule is Cc1nc2ccc(C(=O)N3CCC(N4CCC(Oc5ccccc5F)CC4)CC3)cc2s1. The first-order valence-corrected chi connectivity index (χ1v) is 12.2. The maximum atomic E-state index is 13.8. The molecule has 3 heterocycles. The van der Waals surface area contributed by atoms with Crippen LogP contribution in [0.3, 0.4) is 0 Å². The molecule has 0 radical (unpaired) electrons. The Hall–Kier alpha value is -2.51. The van der Waals surface area contributed by atoms with Gasteiger partial charge in [0.25, 0.3) is 5.91 Å². The van der Waals surface area contributed by atoms with Crippen LogP contribution in [0.5, 0.6) is 5.75 Å². The standard InChI is InChI=1S/C25H28FN3O2S/c1-17-27-22-7-6-18(16-24(22)32-17)25(30)29-12-8-19(9-13-29)28-14-10-20(11-15-28)31-23-5-3-2-4-21(23)26/h2-7,16,19-20H,8-15H2,1H3. The molecule has 32 heavy (non-hydrogen) atoms. The first kappa shape index (κ1) is 21.3. The number of nitrogens with zero attached hydrogens (tertiary/aromatic N) is 3. The zero-order chi connectivity index (χ0) is 22.1. The molecule has 5 rings (SSSR count). The molecule has 0 bridgehead atoms. The number of carbonyl (C=O) groups excluding carboxylic acids is 1. The van der Waals surface area contributed by atoms with Gasteiger partial charge >= 0.3 is 0 Å². The van der Waals surface area contributed by atoms with Crippen molar-refractivity contribution in [3.05, 3.63) is 58.9 Å². The number of amides is 1. The lowest BCUT2D eigenvalue weighted by molar-refractivity contribution is 0.0416. The molecule has 1 aromatic heterocycles. The van der Waals surface area contributed by atoms with Crippen LogP contribution in [-0.4, -0.2) is 59.0 Å². The van der Waals surface area contributed by atoms with Crippen molar-refractivity contribution in [2.75, 3.05) is 26.2 Å². The molecule has 5 nitrogen and oxygen atoms in total. The minimum absolute atomic E-state index is 0.0649. The van der Waals surface area contributed by atoms with Crippen molar-refractivity contribution in [2.45, 2.75) is 44.8 Å². The molecule has 2 aromatic carbocycles. The van der Waals surface area contributed by atoms with Gasteiger partial charge in [0.1, 0.15) is 6.10 Å². The Morgan fingerprint density at radius 3 is 2.56 bits per heavy atom. The molecule has 168 valence electrons. The Bertz CT molecular complexity index is 1100. The van der Waals surface area contributed by atoms with Crippen LogP contribution in [0.25, 0.3) is 10.2 Å². The van der Waals surface area contributed by atoms with Gasteiger partial charge in [0.05, 0.1) is 15.2 Å². The average molecular weight is 454 g/mol. The molecular formula is C25H28FN3O2S. The van der Waals surface area contributed by atoms with E-state index in [9.17, 15) is 9.18 Å². The number of carbonyl (C=O) groups is 1. The van der Waals surface area contributed by atoms with Gasteiger partial charge in [-0.25, -0.2) is 9.37 Å². The number of para-hydroxylation sites is 1. The van der Waals surface area contributed by atoms with E-state index in [2.05, 4.69) is 9.88 Å². The fourth-order valence-electron chi connectivity index (χ4n) is 4.87. The molecule has 0 N–H and O–H groups in total. The quantitative estimate of drug-likeness (QED) is 0.564. The van der Waals surface area contributed by atoms with Crippen LogP contribution < -0.4 is 4.74 Å². The van der Waals surface area contributed by atoms with Crippen molar-refractivity contribution < 1.29 is 13.9 Å². The highest BCUT2D eigenvalue weighted by atomic mass is 32.1. The van der Waals surface area contributed by atoms with Gasteiger partial charge in [0.15, 0.2) is 11.6 Å². The lowest BCUT2D eigenvalue weighted by atomic mass is 9.98. The van der Waals surface area contributed by atoms with Gasteiger partial charge < -0.3 is 9.64 Å². The van der Waals surface area contributed by atoms with E-state index in [1.807, 2.05) is 30.0 Å². The van der Waals surface area contributed by atoms with E-state index in [1.165, 1.54) is 6.07 Å². The van der Waals surface area contributed by atoms with Crippen LogP contribution in [0.4, 0.5) is 4.39 Å². The van der Waals surface area contributed by atoms with Gasteiger partial charge in [-0.05, 0) is 62.9 Å². The summed E-state index contributed by atoms with van der Waals surface area (Å²) in [6.45, 7) is 5.48. The number of benzene rings is 2. The molecule has 1 amide bonds. The second kappa shape index (κ2) is 9.16. The number of hydrogen-bond donors (Lipinski definition) is 0. The minimum atomic E-state index is -0.295. The number of rotatable bonds is 4. The van der Waals surface area contributed by atoms with Crippen LogP contribution in [0.15, 0.2) is 42.5 Å². The Morgan fingerprint density at radius 2 is 1.81 bits per heavy atom. The molecule has 0 saturated carbocycles. The van der Waals surface area contributed by atoms with Crippen LogP contribution in [-0.2, 0) is 0 Å². The zero-order valence-electron chi connectivity index (χ0n) is 18.3. The second-order valence-corrected chi connectivity index (χ2v) is 9.96. The maximum absolute atomic E-state index is 13.8. The number of likely N-dealkylation sites (tertiary alicyclic amines) is 2. The Balaban J connectivity index is 1.12. The lowest BCUT2D eigenvalue weighted by Crippen LogP contribution is -2.50. The number of thiazole rings is 1. The van der Waals surface area contributed by atoms with Crippen LogP contribution in [0.2, 0.25) is 0 Å². The summed E-state index contributed by atoms with van der Waals surface area (Å²) < 4.78 is 20.8. The van der Waals surface area contributed by atoms with Crippen LogP contribution in [0, 0.1) is 12.7 Å². The molecule has 2 fully saturated rings. The molecule has 0 spiro atoms. The molecule has 2 saturated heterocycles. The third-order valence-corrected chi connectivity index (χ3v) is 7.55. The number of hydrogen-bond acceptors (Lipinski definition) is 5. The summed E-state index contributed by atoms with van der Waals surface area (Å²) in [5.74, 6) is 0.175. The first-order chi connectivity index (χ1) is 15.6. The highest BCUT2D eigenvalue weighted by molar-refractivity contribution is 7.18. The van der Waals surface area contributed by atoms with Crippen LogP contribution in [0.1, 0.15) is 41.0 Å². The van der Waals surface area contributed by atoms with Crippen molar-refractivity contribution >= 4 is 27.5 Å². The summed E-state index contributed by atoms with van der Waals surface area (Å²) in [7, 11) is 0. The number of halogens is 1. The van der Waals surface area contributed by atoms with Crippen molar-refractivity contribution in [1.29, 1.82) is 0 Å². The van der Waals surface area contributed by atoms with E-state index in [1.54, 1.807) is 29.5 Å². The van der Waals surface area contributed by atoms with E-state index >= 15 is 0 Å². The van der Waals surface area contributed by atoms with Crippen molar-refractivity contribution in [3.8, 4) is 5.75 Å². The summed E-state index contributed by atoms with van der Waals surface area (Å²) in [6, 6.07) is 13.0. The molecule has 0 atom stereocenters. The fourth-order valence-corrected chi connectivity index (χ4v) is 5.73. The second-order valence-electron chi connectivity index (χ2n) is 8.72. The highest BCUT2D eigenvalue weighted by Crippen LogP contribution is 2.27. The van der Waals surface area contributed by atoms with Gasteiger partial charge in [-0.3, -0.25) is 9.69 Å². The number of fused-ring (bicyclic) bond motifs is 1. The molecule has 7 heteroatoms. The molecule has 2 aliphatic heterocycles. The first-order valence-electron chi connectivity index (χ1n) is 11.4. The van der Waals surface area contributed by atoms with E-state index in [0.717, 1.165) is 72.7 Å². The lowest BCUT2D eigenvalue weighted by Gasteiger charge is -2.41. The summed E-state index contributed by atoms with van der Waals surface area (Å²) in [5, 5.41) is 1.02. The minimum Gasteiger partial charge on any atom is -0.487 e. The summed E-state index contributed by atoms with van der Waals surface area (Å²) in [4.78, 5) is 22.0. The molecular weight excluding hydrogens is 425 g/mol. The third kappa shape index (κ3) is 4.50. The van der Waals surface area contributed by atoms with Crippen molar-refractivity contribution in [2.24, 2.45) is 0 Å². The summed E-state index contributed by atoms with van der Waals surface area (Å²) in [5.41, 5.74) is 1.72.